The molecule has 0 unspecified atom stereocenters. The van der Waals surface area contributed by atoms with E-state index in [1.807, 2.05) is 0 Å². The lowest BCUT2D eigenvalue weighted by Gasteiger charge is -2.37. The Bertz CT molecular complexity index is 1340. The first-order valence-corrected chi connectivity index (χ1v) is 10.5. The van der Waals surface area contributed by atoms with Gasteiger partial charge >= 0.3 is 11.7 Å². The standard InChI is InChI=1S/C20H18BrN5O6/c1-19(31)13-8(6-22-14-12(24-13)15(27)26-18(30)25-14)11(16(28)32-2)20(19)9-4-3-7(21)5-10(9)23-17(20)29/h3-5,8,11,31H,6H2,1-2H3,(H,23,29)(H3,22,25,26,27,30)/t8-,11+,19-,20+/m0/s1. The minimum absolute atomic E-state index is 0.0159. The number of anilines is 2. The molecule has 5 N–H and O–H groups in total. The molecule has 11 nitrogen and oxygen atoms in total. The summed E-state index contributed by atoms with van der Waals surface area (Å²) in [5.74, 6) is -3.18. The number of ether oxygens (including phenoxy) is 1. The van der Waals surface area contributed by atoms with E-state index in [2.05, 4.69) is 41.5 Å². The number of hydrogen-bond acceptors (Lipinski definition) is 8. The molecule has 0 radical (unpaired) electrons. The van der Waals surface area contributed by atoms with Crippen LogP contribution in [-0.4, -0.2) is 51.9 Å². The zero-order valence-corrected chi connectivity index (χ0v) is 18.5. The zero-order chi connectivity index (χ0) is 23.0. The number of nitrogens with one attached hydrogen (secondary N) is 4. The Labute approximate surface area is 188 Å². The Morgan fingerprint density at radius 2 is 2.03 bits per heavy atom. The monoisotopic (exact) mass is 503 g/mol. The van der Waals surface area contributed by atoms with Crippen LogP contribution in [0.5, 0.6) is 0 Å². The summed E-state index contributed by atoms with van der Waals surface area (Å²) in [6.07, 6.45) is 0. The first kappa shape index (κ1) is 20.6. The molecule has 32 heavy (non-hydrogen) atoms. The van der Waals surface area contributed by atoms with E-state index < -0.39 is 46.0 Å². The third-order valence-electron chi connectivity index (χ3n) is 6.60. The summed E-state index contributed by atoms with van der Waals surface area (Å²) in [5.41, 5.74) is -4.41. The van der Waals surface area contributed by atoms with E-state index in [0.29, 0.717) is 15.7 Å². The van der Waals surface area contributed by atoms with Crippen molar-refractivity contribution in [2.75, 3.05) is 24.3 Å². The number of benzene rings is 1. The maximum atomic E-state index is 13.5. The molecule has 166 valence electrons. The van der Waals surface area contributed by atoms with Crippen LogP contribution in [0.4, 0.5) is 17.2 Å². The Morgan fingerprint density at radius 3 is 2.75 bits per heavy atom. The van der Waals surface area contributed by atoms with Crippen molar-refractivity contribution in [3.05, 3.63) is 49.1 Å². The van der Waals surface area contributed by atoms with Crippen molar-refractivity contribution in [2.24, 2.45) is 16.8 Å². The van der Waals surface area contributed by atoms with Gasteiger partial charge in [0.1, 0.15) is 16.8 Å². The number of hydrogen-bond donors (Lipinski definition) is 5. The van der Waals surface area contributed by atoms with Crippen molar-refractivity contribution < 1.29 is 19.4 Å². The molecule has 12 heteroatoms. The second-order valence-corrected chi connectivity index (χ2v) is 9.06. The molecular formula is C20H18BrN5O6. The van der Waals surface area contributed by atoms with E-state index in [4.69, 9.17) is 4.74 Å². The average molecular weight is 504 g/mol. The van der Waals surface area contributed by atoms with Crippen LogP contribution in [0.15, 0.2) is 37.3 Å². The van der Waals surface area contributed by atoms with E-state index in [9.17, 15) is 24.3 Å². The molecule has 1 aromatic carbocycles. The summed E-state index contributed by atoms with van der Waals surface area (Å²) in [5, 5.41) is 17.6. The topological polar surface area (TPSA) is 166 Å². The van der Waals surface area contributed by atoms with Crippen molar-refractivity contribution in [3.8, 4) is 0 Å². The number of amides is 1. The molecule has 1 aromatic heterocycles. The number of aromatic nitrogens is 2. The van der Waals surface area contributed by atoms with Gasteiger partial charge in [0.15, 0.2) is 5.69 Å². The lowest BCUT2D eigenvalue weighted by Crippen LogP contribution is -2.57. The maximum absolute atomic E-state index is 13.5. The fraction of sp³-hybridized carbons (Fsp3) is 0.350. The molecule has 1 spiro atoms. The molecule has 1 aliphatic carbocycles. The molecular weight excluding hydrogens is 486 g/mol. The quantitative estimate of drug-likeness (QED) is 0.350. The zero-order valence-electron chi connectivity index (χ0n) is 16.9. The second kappa shape index (κ2) is 6.62. The Morgan fingerprint density at radius 1 is 1.28 bits per heavy atom. The third kappa shape index (κ3) is 2.41. The minimum atomic E-state index is -1.97. The number of carbonyl (C=O) groups is 2. The van der Waals surface area contributed by atoms with Crippen LogP contribution in [0, 0.1) is 11.8 Å². The van der Waals surface area contributed by atoms with E-state index in [-0.39, 0.29) is 23.8 Å². The molecule has 2 aromatic rings. The lowest BCUT2D eigenvalue weighted by atomic mass is 9.65. The SMILES string of the molecule is COC(=O)[C@H]1[C@@H]2CNc3[nH]c(=O)[nH]c(=O)c3N=C2[C@](C)(O)[C@@]12C(=O)Nc1cc(Br)ccc12. The van der Waals surface area contributed by atoms with E-state index in [0.717, 1.165) is 0 Å². The normalized spacial score (nSPS) is 29.9. The van der Waals surface area contributed by atoms with Crippen LogP contribution in [0.3, 0.4) is 0 Å². The first-order chi connectivity index (χ1) is 15.1. The summed E-state index contributed by atoms with van der Waals surface area (Å²) >= 11 is 3.36. The second-order valence-electron chi connectivity index (χ2n) is 8.14. The summed E-state index contributed by atoms with van der Waals surface area (Å²) in [4.78, 5) is 59.7. The molecule has 4 atom stereocenters. The number of aliphatic hydroxyl groups is 1. The summed E-state index contributed by atoms with van der Waals surface area (Å²) in [7, 11) is 1.20. The molecule has 2 aliphatic heterocycles. The highest BCUT2D eigenvalue weighted by molar-refractivity contribution is 9.10. The molecule has 0 bridgehead atoms. The van der Waals surface area contributed by atoms with E-state index in [1.54, 1.807) is 18.2 Å². The van der Waals surface area contributed by atoms with Crippen LogP contribution < -0.4 is 21.9 Å². The predicted molar refractivity (Wildman–Crippen MR) is 117 cm³/mol. The molecule has 1 saturated carbocycles. The number of halogens is 1. The Kier molecular flexibility index (Phi) is 4.27. The van der Waals surface area contributed by atoms with Gasteiger partial charge in [-0.1, -0.05) is 22.0 Å². The van der Waals surface area contributed by atoms with Gasteiger partial charge in [-0.25, -0.2) is 9.79 Å². The molecule has 3 aliphatic rings. The van der Waals surface area contributed by atoms with Gasteiger partial charge in [0, 0.05) is 22.6 Å². The largest absolute Gasteiger partial charge is 0.469 e. The van der Waals surface area contributed by atoms with Gasteiger partial charge in [-0.15, -0.1) is 0 Å². The van der Waals surface area contributed by atoms with Gasteiger partial charge < -0.3 is 20.5 Å². The Hall–Kier alpha value is -3.25. The van der Waals surface area contributed by atoms with Gasteiger partial charge in [-0.05, 0) is 24.6 Å². The number of aliphatic imine (C=N–C) groups is 1. The fourth-order valence-corrected chi connectivity index (χ4v) is 5.71. The number of H-pyrrole nitrogens is 2. The van der Waals surface area contributed by atoms with Gasteiger partial charge in [-0.2, -0.15) is 0 Å². The van der Waals surface area contributed by atoms with Gasteiger partial charge in [0.2, 0.25) is 5.91 Å². The van der Waals surface area contributed by atoms with E-state index >= 15 is 0 Å². The third-order valence-corrected chi connectivity index (χ3v) is 7.10. The van der Waals surface area contributed by atoms with Crippen molar-refractivity contribution in [1.82, 2.24) is 9.97 Å². The first-order valence-electron chi connectivity index (χ1n) is 9.74. The predicted octanol–water partition coefficient (Wildman–Crippen LogP) is 0.384. The number of methoxy groups -OCH3 is 1. The number of nitrogens with zero attached hydrogens (tertiary/aromatic N) is 1. The number of fused-ring (bicyclic) bond motifs is 4. The van der Waals surface area contributed by atoms with Gasteiger partial charge in [-0.3, -0.25) is 24.4 Å². The van der Waals surface area contributed by atoms with Crippen molar-refractivity contribution in [2.45, 2.75) is 17.9 Å². The van der Waals surface area contributed by atoms with Crippen molar-refractivity contribution in [3.63, 3.8) is 0 Å². The molecule has 5 rings (SSSR count). The number of rotatable bonds is 1. The fourth-order valence-electron chi connectivity index (χ4n) is 5.35. The molecule has 3 heterocycles. The van der Waals surface area contributed by atoms with Crippen molar-refractivity contribution in [1.29, 1.82) is 0 Å². The molecule has 1 amide bonds. The number of carbonyl (C=O) groups excluding carboxylic acids is 2. The van der Waals surface area contributed by atoms with E-state index in [1.165, 1.54) is 14.0 Å². The minimum Gasteiger partial charge on any atom is -0.469 e. The number of esters is 1. The van der Waals surface area contributed by atoms with Crippen LogP contribution in [0.1, 0.15) is 12.5 Å². The highest BCUT2D eigenvalue weighted by atomic mass is 79.9. The van der Waals surface area contributed by atoms with Gasteiger partial charge in [0.25, 0.3) is 5.56 Å². The lowest BCUT2D eigenvalue weighted by molar-refractivity contribution is -0.154. The van der Waals surface area contributed by atoms with Crippen LogP contribution >= 0.6 is 15.9 Å². The van der Waals surface area contributed by atoms with Crippen molar-refractivity contribution >= 4 is 50.7 Å². The smallest absolute Gasteiger partial charge is 0.327 e. The van der Waals surface area contributed by atoms with Crippen LogP contribution in [0.25, 0.3) is 0 Å². The summed E-state index contributed by atoms with van der Waals surface area (Å²) in [6.45, 7) is 1.42. The van der Waals surface area contributed by atoms with Gasteiger partial charge in [0.05, 0.1) is 18.7 Å². The Balaban J connectivity index is 1.84. The number of aromatic amines is 2. The molecule has 0 saturated heterocycles. The van der Waals surface area contributed by atoms with Crippen LogP contribution in [0.2, 0.25) is 0 Å². The summed E-state index contributed by atoms with van der Waals surface area (Å²) < 4.78 is 5.77. The maximum Gasteiger partial charge on any atom is 0.327 e. The molecule has 1 fully saturated rings. The van der Waals surface area contributed by atoms with Crippen LogP contribution in [-0.2, 0) is 19.7 Å². The summed E-state index contributed by atoms with van der Waals surface area (Å²) in [6, 6.07) is 5.06. The highest BCUT2D eigenvalue weighted by Gasteiger charge is 2.74. The highest BCUT2D eigenvalue weighted by Crippen LogP contribution is 2.59. The average Bonchev–Trinajstić information content (AvgIpc) is 3.00.